The summed E-state index contributed by atoms with van der Waals surface area (Å²) in [4.78, 5) is 72.1. The average Bonchev–Trinajstić information content (AvgIpc) is 3.84. The zero-order chi connectivity index (χ0) is 37.1. The summed E-state index contributed by atoms with van der Waals surface area (Å²) >= 11 is 1.50. The van der Waals surface area contributed by atoms with E-state index in [1.807, 2.05) is 53.9 Å². The summed E-state index contributed by atoms with van der Waals surface area (Å²) in [5, 5.41) is 17.0. The number of allylic oxidation sites excluding steroid dienone is 1. The summed E-state index contributed by atoms with van der Waals surface area (Å²) in [6.45, 7) is 0.0474. The molecule has 2 aliphatic carbocycles. The van der Waals surface area contributed by atoms with Gasteiger partial charge >= 0.3 is 6.09 Å². The largest absolute Gasteiger partial charge is 0.471 e. The zero-order valence-corrected chi connectivity index (χ0v) is 30.6. The van der Waals surface area contributed by atoms with Gasteiger partial charge in [0.1, 0.15) is 41.9 Å². The molecule has 1 aromatic carbocycles. The Kier molecular flexibility index (Phi) is 10.3. The van der Waals surface area contributed by atoms with Gasteiger partial charge in [0, 0.05) is 12.3 Å². The quantitative estimate of drug-likeness (QED) is 0.189. The Bertz CT molecular complexity index is 2020. The van der Waals surface area contributed by atoms with E-state index in [9.17, 15) is 19.2 Å². The van der Waals surface area contributed by atoms with Gasteiger partial charge in [0.15, 0.2) is 0 Å². The highest BCUT2D eigenvalue weighted by Gasteiger charge is 2.61. The molecule has 2 aliphatic heterocycles. The van der Waals surface area contributed by atoms with Crippen molar-refractivity contribution in [3.8, 4) is 16.5 Å². The number of hydrogen-bond donors (Lipinski definition) is 4. The summed E-state index contributed by atoms with van der Waals surface area (Å²) < 4.78 is 12.3. The van der Waals surface area contributed by atoms with Crippen LogP contribution in [-0.2, 0) is 19.1 Å². The number of amides is 4. The minimum atomic E-state index is -1.26. The number of alkyl carbamates (subject to hydrolysis) is 1. The molecule has 0 spiro atoms. The summed E-state index contributed by atoms with van der Waals surface area (Å²) in [6.07, 6.45) is 11.5. The normalized spacial score (nSPS) is 26.9. The van der Waals surface area contributed by atoms with E-state index in [0.717, 1.165) is 49.8 Å². The van der Waals surface area contributed by atoms with Crippen LogP contribution in [0.1, 0.15) is 70.6 Å². The maximum absolute atomic E-state index is 14.6. The topological polar surface area (TPSA) is 193 Å². The number of ether oxygens (including phenoxy) is 2. The first-order valence-electron chi connectivity index (χ1n) is 18.8. The number of nitrogens with one attached hydrogen (secondary N) is 4. The first kappa shape index (κ1) is 35.6. The Morgan fingerprint density at radius 2 is 1.78 bits per heavy atom. The van der Waals surface area contributed by atoms with Crippen molar-refractivity contribution < 1.29 is 28.7 Å². The lowest BCUT2D eigenvalue weighted by Crippen LogP contribution is -2.57. The molecule has 5 heterocycles. The number of hydrogen-bond acceptors (Lipinski definition) is 11. The smallest absolute Gasteiger partial charge is 0.408 e. The molecular weight excluding hydrogens is 711 g/mol. The van der Waals surface area contributed by atoms with Crippen molar-refractivity contribution in [2.75, 3.05) is 11.9 Å². The van der Waals surface area contributed by atoms with Crippen molar-refractivity contribution in [3.63, 3.8) is 0 Å². The van der Waals surface area contributed by atoms with Crippen LogP contribution in [0, 0.1) is 5.92 Å². The van der Waals surface area contributed by atoms with Gasteiger partial charge in [0.05, 0.1) is 22.5 Å². The van der Waals surface area contributed by atoms with E-state index in [-0.39, 0.29) is 30.9 Å². The summed E-state index contributed by atoms with van der Waals surface area (Å²) in [7, 11) is 0. The number of benzene rings is 1. The number of para-hydroxylation sites is 2. The standard InChI is InChI=1S/C38H43N9O6S/c48-32-29-19-25(52-33-31(30-17-10-18-54-30)41-26-14-8-9-15-27(26)42-33)21-47(29)34(49)28(43-37(51)53-24-12-6-7-13-24)16-5-3-1-2-4-11-23-20-38(23,45-32)35(50)44-36-39-22-40-46-36/h4,8-11,14-15,17-18,22-25,28-29H,1-3,5-7,12-13,16,19-21H2,(H,43,51)(H,45,48)(H2,39,40,44,46,50)/b11-4-/t23-,25+,28-,29-,38+/m0/s1. The van der Waals surface area contributed by atoms with Crippen LogP contribution in [0.3, 0.4) is 0 Å². The number of anilines is 1. The lowest BCUT2D eigenvalue weighted by molar-refractivity contribution is -0.141. The van der Waals surface area contributed by atoms with Crippen molar-refractivity contribution in [2.45, 2.75) is 100 Å². The lowest BCUT2D eigenvalue weighted by atomic mass is 10.0. The van der Waals surface area contributed by atoms with Gasteiger partial charge < -0.3 is 25.0 Å². The third-order valence-corrected chi connectivity index (χ3v) is 11.6. The number of aromatic amines is 1. The van der Waals surface area contributed by atoms with Gasteiger partial charge in [-0.15, -0.1) is 11.3 Å². The molecule has 8 rings (SSSR count). The second-order valence-electron chi connectivity index (χ2n) is 14.5. The molecule has 3 fully saturated rings. The Balaban J connectivity index is 1.10. The molecule has 4 aromatic rings. The maximum atomic E-state index is 14.6. The second kappa shape index (κ2) is 15.5. The lowest BCUT2D eigenvalue weighted by Gasteiger charge is -2.30. The van der Waals surface area contributed by atoms with Gasteiger partial charge in [0.2, 0.25) is 23.6 Å². The fourth-order valence-electron chi connectivity index (χ4n) is 7.78. The van der Waals surface area contributed by atoms with Crippen LogP contribution in [-0.4, -0.2) is 90.2 Å². The molecule has 4 amide bonds. The van der Waals surface area contributed by atoms with Crippen LogP contribution in [0.4, 0.5) is 10.7 Å². The minimum absolute atomic E-state index is 0.0474. The van der Waals surface area contributed by atoms with Gasteiger partial charge in [-0.2, -0.15) is 10.1 Å². The van der Waals surface area contributed by atoms with Crippen LogP contribution in [0.25, 0.3) is 21.6 Å². The second-order valence-corrected chi connectivity index (χ2v) is 15.4. The summed E-state index contributed by atoms with van der Waals surface area (Å²) in [5.41, 5.74) is 0.663. The van der Waals surface area contributed by atoms with E-state index in [1.54, 1.807) is 0 Å². The molecule has 54 heavy (non-hydrogen) atoms. The number of thiophene rings is 1. The predicted molar refractivity (Wildman–Crippen MR) is 199 cm³/mol. The number of H-pyrrole nitrogens is 1. The van der Waals surface area contributed by atoms with E-state index in [0.29, 0.717) is 41.9 Å². The van der Waals surface area contributed by atoms with Crippen molar-refractivity contribution in [3.05, 3.63) is 60.3 Å². The summed E-state index contributed by atoms with van der Waals surface area (Å²) in [6, 6.07) is 9.45. The highest BCUT2D eigenvalue weighted by atomic mass is 32.1. The van der Waals surface area contributed by atoms with Gasteiger partial charge in [0.25, 0.3) is 5.91 Å². The third-order valence-electron chi connectivity index (χ3n) is 10.7. The fourth-order valence-corrected chi connectivity index (χ4v) is 8.49. The first-order chi connectivity index (χ1) is 26.4. The fraction of sp³-hybridized carbons (Fsp3) is 0.474. The van der Waals surface area contributed by atoms with Crippen LogP contribution >= 0.6 is 11.3 Å². The van der Waals surface area contributed by atoms with E-state index in [1.165, 1.54) is 22.6 Å². The molecule has 15 nitrogen and oxygen atoms in total. The average molecular weight is 754 g/mol. The molecule has 0 radical (unpaired) electrons. The van der Waals surface area contributed by atoms with Gasteiger partial charge in [-0.05, 0) is 74.9 Å². The highest BCUT2D eigenvalue weighted by Crippen LogP contribution is 2.46. The highest BCUT2D eigenvalue weighted by molar-refractivity contribution is 7.13. The Morgan fingerprint density at radius 3 is 2.56 bits per heavy atom. The molecule has 1 saturated heterocycles. The molecule has 0 bridgehead atoms. The minimum Gasteiger partial charge on any atom is -0.471 e. The van der Waals surface area contributed by atoms with E-state index in [4.69, 9.17) is 19.4 Å². The third kappa shape index (κ3) is 7.65. The number of carbonyl (C=O) groups is 4. The van der Waals surface area contributed by atoms with Crippen molar-refractivity contribution in [2.24, 2.45) is 5.92 Å². The van der Waals surface area contributed by atoms with E-state index in [2.05, 4.69) is 31.1 Å². The number of rotatable bonds is 7. The number of aromatic nitrogens is 5. The van der Waals surface area contributed by atoms with E-state index >= 15 is 0 Å². The van der Waals surface area contributed by atoms with Gasteiger partial charge in [-0.25, -0.2) is 19.9 Å². The van der Waals surface area contributed by atoms with Crippen LogP contribution in [0.15, 0.2) is 60.3 Å². The molecule has 282 valence electrons. The van der Waals surface area contributed by atoms with Crippen molar-refractivity contribution in [1.29, 1.82) is 0 Å². The zero-order valence-electron chi connectivity index (χ0n) is 29.7. The number of fused-ring (bicyclic) bond motifs is 3. The Morgan fingerprint density at radius 1 is 0.963 bits per heavy atom. The number of nitrogens with zero attached hydrogens (tertiary/aromatic N) is 5. The van der Waals surface area contributed by atoms with Crippen LogP contribution in [0.5, 0.6) is 5.88 Å². The molecule has 4 aliphatic rings. The Labute approximate surface area is 315 Å². The van der Waals surface area contributed by atoms with E-state index < -0.39 is 47.5 Å². The summed E-state index contributed by atoms with van der Waals surface area (Å²) in [5.74, 6) is -1.14. The Hall–Kier alpha value is -5.38. The first-order valence-corrected chi connectivity index (χ1v) is 19.6. The maximum Gasteiger partial charge on any atom is 0.408 e. The predicted octanol–water partition coefficient (Wildman–Crippen LogP) is 4.90. The SMILES string of the molecule is O=C(N[C@H]1CCCCC/C=C\[C@H]2C[C@@]2(C(=O)Nc2ncn[nH]2)NC(=O)[C@@H]2C[C@@H](Oc3nc4ccccc4nc3-c3cccs3)CN2C1=O)OC1CCCC1. The monoisotopic (exact) mass is 753 g/mol. The molecule has 16 heteroatoms. The number of carbonyl (C=O) groups excluding carboxylic acids is 4. The van der Waals surface area contributed by atoms with Crippen molar-refractivity contribution >= 4 is 52.1 Å². The molecule has 5 atom stereocenters. The van der Waals surface area contributed by atoms with Gasteiger partial charge in [-0.1, -0.05) is 43.2 Å². The van der Waals surface area contributed by atoms with Gasteiger partial charge in [-0.3, -0.25) is 19.7 Å². The molecule has 0 unspecified atom stereocenters. The van der Waals surface area contributed by atoms with Crippen molar-refractivity contribution in [1.82, 2.24) is 40.7 Å². The molecular formula is C38H43N9O6S. The molecule has 2 saturated carbocycles. The molecule has 3 aromatic heterocycles. The van der Waals surface area contributed by atoms with Crippen LogP contribution in [0.2, 0.25) is 0 Å². The molecule has 4 N–H and O–H groups in total. The van der Waals surface area contributed by atoms with Crippen LogP contribution < -0.4 is 20.7 Å².